The topological polar surface area (TPSA) is 0 Å². The van der Waals surface area contributed by atoms with Gasteiger partial charge < -0.3 is 0 Å². The Morgan fingerprint density at radius 1 is 1.20 bits per heavy atom. The molecule has 0 N–H and O–H groups in total. The van der Waals surface area contributed by atoms with E-state index in [0.717, 1.165) is 4.47 Å². The largest absolute Gasteiger partial charge is 0.0839 e. The highest BCUT2D eigenvalue weighted by Crippen LogP contribution is 2.27. The molecular weight excluding hydrogens is 235 g/mol. The first kappa shape index (κ1) is 8.38. The van der Waals surface area contributed by atoms with Crippen LogP contribution < -0.4 is 0 Å². The highest BCUT2D eigenvalue weighted by atomic mass is 79.9. The zero-order chi connectivity index (χ0) is 7.72. The minimum atomic E-state index is 0.583. The first-order valence-corrected chi connectivity index (χ1v) is 4.12. The van der Waals surface area contributed by atoms with Gasteiger partial charge in [0.2, 0.25) is 0 Å². The summed E-state index contributed by atoms with van der Waals surface area (Å²) in [5.41, 5.74) is 0.673. The summed E-state index contributed by atoms with van der Waals surface area (Å²) in [5, 5.41) is 1.17. The van der Waals surface area contributed by atoms with Gasteiger partial charge in [-0.3, -0.25) is 0 Å². The van der Waals surface area contributed by atoms with E-state index in [9.17, 15) is 0 Å². The maximum absolute atomic E-state index is 5.74. The fraction of sp³-hybridized carbons (Fsp3) is 0. The van der Waals surface area contributed by atoms with Crippen molar-refractivity contribution in [2.24, 2.45) is 0 Å². The molecule has 0 unspecified atom stereocenters. The zero-order valence-corrected chi connectivity index (χ0v) is 8.09. The van der Waals surface area contributed by atoms with Gasteiger partial charge in [0.15, 0.2) is 0 Å². The van der Waals surface area contributed by atoms with Gasteiger partial charge in [-0.2, -0.15) is 0 Å². The number of halogens is 3. The molecule has 1 aromatic rings. The van der Waals surface area contributed by atoms with Crippen LogP contribution in [0.25, 0.3) is 0 Å². The van der Waals surface area contributed by atoms with Gasteiger partial charge in [0.25, 0.3) is 0 Å². The molecule has 0 aliphatic carbocycles. The Balaban J connectivity index is 3.31. The number of rotatable bonds is 0. The molecule has 0 heterocycles. The van der Waals surface area contributed by atoms with E-state index in [2.05, 4.69) is 22.9 Å². The van der Waals surface area contributed by atoms with Crippen molar-refractivity contribution in [2.75, 3.05) is 0 Å². The minimum Gasteiger partial charge on any atom is -0.0839 e. The van der Waals surface area contributed by atoms with Crippen LogP contribution in [0.3, 0.4) is 0 Å². The maximum Gasteiger partial charge on any atom is 0.0464 e. The predicted octanol–water partition coefficient (Wildman–Crippen LogP) is 3.94. The summed E-state index contributed by atoms with van der Waals surface area (Å²) in [5.74, 6) is 0. The maximum atomic E-state index is 5.74. The lowest BCUT2D eigenvalue weighted by Gasteiger charge is -1.99. The molecule has 0 aliphatic heterocycles. The van der Waals surface area contributed by atoms with Crippen molar-refractivity contribution in [1.82, 2.24) is 0 Å². The number of benzene rings is 1. The molecule has 0 spiro atoms. The molecule has 1 radical (unpaired) electrons. The van der Waals surface area contributed by atoms with Crippen LogP contribution in [-0.2, 0) is 0 Å². The van der Waals surface area contributed by atoms with Crippen LogP contribution >= 0.6 is 39.1 Å². The van der Waals surface area contributed by atoms with Crippen molar-refractivity contribution in [3.63, 3.8) is 0 Å². The van der Waals surface area contributed by atoms with Crippen LogP contribution in [0.4, 0.5) is 0 Å². The minimum absolute atomic E-state index is 0.583. The quantitative estimate of drug-likeness (QED) is 0.643. The van der Waals surface area contributed by atoms with Gasteiger partial charge in [0, 0.05) is 14.5 Å². The Morgan fingerprint density at radius 2 is 1.60 bits per heavy atom. The fourth-order valence-electron chi connectivity index (χ4n) is 0.572. The molecule has 0 saturated heterocycles. The van der Waals surface area contributed by atoms with Gasteiger partial charge in [0.05, 0.1) is 0 Å². The Labute approximate surface area is 78.3 Å². The van der Waals surface area contributed by atoms with Crippen LogP contribution in [0.15, 0.2) is 16.6 Å². The molecule has 0 nitrogen and oxygen atoms in total. The van der Waals surface area contributed by atoms with Crippen molar-refractivity contribution in [2.45, 2.75) is 0 Å². The molecule has 3 heteroatoms. The summed E-state index contributed by atoms with van der Waals surface area (Å²) < 4.78 is 0.870. The molecule has 0 amide bonds. The molecule has 0 fully saturated rings. The lowest BCUT2D eigenvalue weighted by molar-refractivity contribution is 1.57. The molecule has 0 saturated carbocycles. The second kappa shape index (κ2) is 3.12. The van der Waals surface area contributed by atoms with Crippen LogP contribution in [0, 0.1) is 6.92 Å². The van der Waals surface area contributed by atoms with Crippen LogP contribution in [-0.4, -0.2) is 0 Å². The molecule has 0 aromatic heterocycles. The van der Waals surface area contributed by atoms with Gasteiger partial charge in [-0.25, -0.2) is 0 Å². The summed E-state index contributed by atoms with van der Waals surface area (Å²) in [6.07, 6.45) is 0. The third-order valence-corrected chi connectivity index (χ3v) is 2.24. The molecule has 1 aromatic carbocycles. The number of hydrogen-bond donors (Lipinski definition) is 0. The summed E-state index contributed by atoms with van der Waals surface area (Å²) in [4.78, 5) is 0. The van der Waals surface area contributed by atoms with Crippen molar-refractivity contribution >= 4 is 39.1 Å². The van der Waals surface area contributed by atoms with Crippen LogP contribution in [0.2, 0.25) is 10.0 Å². The molecule has 0 atom stereocenters. The predicted molar refractivity (Wildman–Crippen MR) is 48.6 cm³/mol. The first-order chi connectivity index (χ1) is 4.61. The third kappa shape index (κ3) is 1.66. The second-order valence-electron chi connectivity index (χ2n) is 1.85. The normalized spacial score (nSPS) is 10.0. The molecule has 0 aliphatic rings. The van der Waals surface area contributed by atoms with E-state index < -0.39 is 0 Å². The van der Waals surface area contributed by atoms with E-state index in [1.54, 1.807) is 12.1 Å². The highest BCUT2D eigenvalue weighted by Gasteiger charge is 2.00. The first-order valence-electron chi connectivity index (χ1n) is 2.58. The monoisotopic (exact) mass is 237 g/mol. The summed E-state index contributed by atoms with van der Waals surface area (Å²) >= 11 is 14.7. The van der Waals surface area contributed by atoms with Gasteiger partial charge in [-0.15, -0.1) is 0 Å². The van der Waals surface area contributed by atoms with Crippen LogP contribution in [0.1, 0.15) is 5.56 Å². The summed E-state index contributed by atoms with van der Waals surface area (Å²) in [6.45, 7) is 3.68. The van der Waals surface area contributed by atoms with E-state index in [1.165, 1.54) is 0 Å². The Hall–Kier alpha value is 0.280. The Bertz CT molecular complexity index is 235. The standard InChI is InChI=1S/C7H4BrCl2/c1-4-6(9)2-5(8)3-7(4)10/h2-3H,1H2. The average Bonchev–Trinajstić information content (AvgIpc) is 1.82. The van der Waals surface area contributed by atoms with Crippen molar-refractivity contribution < 1.29 is 0 Å². The second-order valence-corrected chi connectivity index (χ2v) is 3.58. The van der Waals surface area contributed by atoms with Crippen molar-refractivity contribution in [1.29, 1.82) is 0 Å². The van der Waals surface area contributed by atoms with E-state index in [4.69, 9.17) is 23.2 Å². The molecule has 1 rings (SSSR count). The van der Waals surface area contributed by atoms with Crippen molar-refractivity contribution in [3.8, 4) is 0 Å². The van der Waals surface area contributed by atoms with E-state index in [1.807, 2.05) is 0 Å². The van der Waals surface area contributed by atoms with Crippen molar-refractivity contribution in [3.05, 3.63) is 39.1 Å². The Morgan fingerprint density at radius 3 is 2.00 bits per heavy atom. The number of hydrogen-bond acceptors (Lipinski definition) is 0. The summed E-state index contributed by atoms with van der Waals surface area (Å²) in [7, 11) is 0. The van der Waals surface area contributed by atoms with E-state index >= 15 is 0 Å². The van der Waals surface area contributed by atoms with Gasteiger partial charge in [-0.05, 0) is 24.6 Å². The zero-order valence-electron chi connectivity index (χ0n) is 5.00. The van der Waals surface area contributed by atoms with E-state index in [-0.39, 0.29) is 0 Å². The van der Waals surface area contributed by atoms with E-state index in [0.29, 0.717) is 15.6 Å². The highest BCUT2D eigenvalue weighted by molar-refractivity contribution is 9.10. The average molecular weight is 239 g/mol. The van der Waals surface area contributed by atoms with Gasteiger partial charge in [-0.1, -0.05) is 39.1 Å². The smallest absolute Gasteiger partial charge is 0.0464 e. The van der Waals surface area contributed by atoms with Gasteiger partial charge >= 0.3 is 0 Å². The van der Waals surface area contributed by atoms with Gasteiger partial charge in [0.1, 0.15) is 0 Å². The lowest BCUT2D eigenvalue weighted by atomic mass is 10.2. The third-order valence-electron chi connectivity index (χ3n) is 1.11. The summed E-state index contributed by atoms with van der Waals surface area (Å²) in [6, 6.07) is 3.52. The molecule has 0 bridgehead atoms. The Kier molecular flexibility index (Phi) is 2.61. The lowest BCUT2D eigenvalue weighted by Crippen LogP contribution is -1.76. The fourth-order valence-corrected chi connectivity index (χ4v) is 1.78. The SMILES string of the molecule is [CH2]c1c(Cl)cc(Br)cc1Cl. The molecular formula is C7H4BrCl2. The molecule has 10 heavy (non-hydrogen) atoms. The van der Waals surface area contributed by atoms with Crippen LogP contribution in [0.5, 0.6) is 0 Å². The molecule has 53 valence electrons.